The standard InChI is InChI=1S/C14H32BN3.C11H25BN2.C3H8N.ClH/c1-12(2)18(13(3)4)15-9-8-14(10-16(5)6)17(7)11-15;1-10(2)14(11(3)4)12-7-6-8-13(5)9-12;1-4(2)3;/h12-14H,8-11H2,1-7H3;10-11H,6-9H2,1-5H3;1H2,2-3H3;1H/q;;+1;/p-1. The van der Waals surface area contributed by atoms with E-state index in [0.29, 0.717) is 24.2 Å². The molecule has 0 N–H and O–H groups in total. The molecule has 0 aromatic carbocycles. The lowest BCUT2D eigenvalue weighted by Crippen LogP contribution is -3.00. The molecule has 0 aromatic heterocycles. The Labute approximate surface area is 240 Å². The fraction of sp³-hybridized carbons (Fsp3) is 0.964. The molecule has 2 aliphatic heterocycles. The van der Waals surface area contributed by atoms with E-state index in [4.69, 9.17) is 0 Å². The van der Waals surface area contributed by atoms with Gasteiger partial charge >= 0.3 is 0 Å². The van der Waals surface area contributed by atoms with E-state index in [1.165, 1.54) is 51.5 Å². The van der Waals surface area contributed by atoms with E-state index in [1.54, 1.807) is 4.58 Å². The van der Waals surface area contributed by atoms with Gasteiger partial charge in [0.05, 0.1) is 0 Å². The molecule has 37 heavy (non-hydrogen) atoms. The van der Waals surface area contributed by atoms with Crippen LogP contribution in [-0.4, -0.2) is 148 Å². The molecule has 0 amide bonds. The molecular formula is C28H65B2ClN6. The first-order valence-corrected chi connectivity index (χ1v) is 14.6. The summed E-state index contributed by atoms with van der Waals surface area (Å²) in [7, 11) is 12.7. The maximum Gasteiger partial charge on any atom is 0.238 e. The first kappa shape index (κ1) is 39.0. The third-order valence-electron chi connectivity index (χ3n) is 7.36. The van der Waals surface area contributed by atoms with Gasteiger partial charge in [-0.15, -0.1) is 0 Å². The summed E-state index contributed by atoms with van der Waals surface area (Å²) >= 11 is 0. The Morgan fingerprint density at radius 2 is 1.22 bits per heavy atom. The van der Waals surface area contributed by atoms with Crippen LogP contribution in [0.4, 0.5) is 0 Å². The highest BCUT2D eigenvalue weighted by atomic mass is 35.5. The van der Waals surface area contributed by atoms with Gasteiger partial charge in [-0.25, -0.2) is 4.58 Å². The molecule has 6 nitrogen and oxygen atoms in total. The van der Waals surface area contributed by atoms with Gasteiger partial charge in [-0.3, -0.25) is 0 Å². The summed E-state index contributed by atoms with van der Waals surface area (Å²) in [6.45, 7) is 26.0. The minimum absolute atomic E-state index is 0. The van der Waals surface area contributed by atoms with Crippen molar-refractivity contribution in [1.82, 2.24) is 24.3 Å². The first-order valence-electron chi connectivity index (χ1n) is 14.6. The molecule has 9 heteroatoms. The Morgan fingerprint density at radius 1 is 0.811 bits per heavy atom. The third-order valence-corrected chi connectivity index (χ3v) is 7.36. The van der Waals surface area contributed by atoms with E-state index in [-0.39, 0.29) is 12.4 Å². The van der Waals surface area contributed by atoms with Crippen LogP contribution in [0, 0.1) is 0 Å². The van der Waals surface area contributed by atoms with Gasteiger partial charge in [-0.1, -0.05) is 68.0 Å². The zero-order valence-corrected chi connectivity index (χ0v) is 28.2. The molecule has 2 aliphatic rings. The predicted octanol–water partition coefficient (Wildman–Crippen LogP) is 0.836. The Hall–Kier alpha value is -0.110. The zero-order chi connectivity index (χ0) is 28.2. The van der Waals surface area contributed by atoms with Gasteiger partial charge in [-0.05, 0) is 84.6 Å². The molecule has 0 radical (unpaired) electrons. The lowest BCUT2D eigenvalue weighted by molar-refractivity contribution is -0.454. The molecule has 2 rings (SSSR count). The van der Waals surface area contributed by atoms with Crippen molar-refractivity contribution in [3.63, 3.8) is 0 Å². The van der Waals surface area contributed by atoms with Crippen LogP contribution in [0.15, 0.2) is 0 Å². The zero-order valence-electron chi connectivity index (χ0n) is 27.5. The third kappa shape index (κ3) is 15.9. The Bertz CT molecular complexity index is 571. The summed E-state index contributed by atoms with van der Waals surface area (Å²) < 4.78 is 1.75. The quantitative estimate of drug-likeness (QED) is 0.256. The minimum atomic E-state index is 0. The fourth-order valence-corrected chi connectivity index (χ4v) is 6.34. The largest absolute Gasteiger partial charge is 1.00 e. The molecule has 2 saturated heterocycles. The predicted molar refractivity (Wildman–Crippen MR) is 166 cm³/mol. The van der Waals surface area contributed by atoms with Crippen LogP contribution >= 0.6 is 0 Å². The second-order valence-electron chi connectivity index (χ2n) is 13.0. The normalized spacial score (nSPS) is 19.4. The maximum absolute atomic E-state index is 3.47. The van der Waals surface area contributed by atoms with Crippen LogP contribution < -0.4 is 12.4 Å². The Morgan fingerprint density at radius 3 is 1.54 bits per heavy atom. The average molecular weight is 543 g/mol. The smallest absolute Gasteiger partial charge is 0.238 e. The van der Waals surface area contributed by atoms with E-state index in [9.17, 15) is 0 Å². The van der Waals surface area contributed by atoms with Gasteiger partial charge in [0.1, 0.15) is 20.8 Å². The van der Waals surface area contributed by atoms with Crippen molar-refractivity contribution in [3.05, 3.63) is 0 Å². The van der Waals surface area contributed by atoms with E-state index in [0.717, 1.165) is 19.7 Å². The van der Waals surface area contributed by atoms with Crippen molar-refractivity contribution in [3.8, 4) is 0 Å². The fourth-order valence-electron chi connectivity index (χ4n) is 6.34. The van der Waals surface area contributed by atoms with Gasteiger partial charge in [0.15, 0.2) is 0 Å². The second-order valence-corrected chi connectivity index (χ2v) is 13.0. The highest BCUT2D eigenvalue weighted by molar-refractivity contribution is 6.56. The minimum Gasteiger partial charge on any atom is -1.00 e. The number of likely N-dealkylation sites (N-methyl/N-ethyl adjacent to an activating group) is 2. The number of hydrogen-bond acceptors (Lipinski definition) is 5. The molecule has 0 spiro atoms. The first-order chi connectivity index (χ1) is 16.6. The van der Waals surface area contributed by atoms with Crippen molar-refractivity contribution >= 4 is 20.4 Å². The van der Waals surface area contributed by atoms with Gasteiger partial charge in [0.2, 0.25) is 13.7 Å². The van der Waals surface area contributed by atoms with Crippen molar-refractivity contribution in [2.24, 2.45) is 0 Å². The van der Waals surface area contributed by atoms with Crippen LogP contribution in [0.1, 0.15) is 68.2 Å². The Kier molecular flexibility index (Phi) is 21.0. The van der Waals surface area contributed by atoms with E-state index in [1.807, 2.05) is 14.1 Å². The lowest BCUT2D eigenvalue weighted by atomic mass is 9.52. The van der Waals surface area contributed by atoms with Crippen LogP contribution in [0.3, 0.4) is 0 Å². The van der Waals surface area contributed by atoms with E-state index >= 15 is 0 Å². The number of nitrogens with zero attached hydrogens (tertiary/aromatic N) is 6. The summed E-state index contributed by atoms with van der Waals surface area (Å²) in [5.41, 5.74) is 0. The number of rotatable bonds is 8. The van der Waals surface area contributed by atoms with Crippen LogP contribution in [-0.2, 0) is 0 Å². The monoisotopic (exact) mass is 543 g/mol. The number of hydrogen-bond donors (Lipinski definition) is 0. The second kappa shape index (κ2) is 19.9. The highest BCUT2D eigenvalue weighted by Gasteiger charge is 2.35. The highest BCUT2D eigenvalue weighted by Crippen LogP contribution is 2.22. The molecule has 2 fully saturated rings. The molecule has 1 unspecified atom stereocenters. The number of halogens is 1. The van der Waals surface area contributed by atoms with Crippen molar-refractivity contribution < 1.29 is 17.0 Å². The van der Waals surface area contributed by atoms with Gasteiger partial charge in [0, 0.05) is 12.6 Å². The van der Waals surface area contributed by atoms with Gasteiger partial charge < -0.3 is 36.7 Å². The lowest BCUT2D eigenvalue weighted by Gasteiger charge is -2.44. The summed E-state index contributed by atoms with van der Waals surface area (Å²) in [5.74, 6) is 0. The van der Waals surface area contributed by atoms with Crippen LogP contribution in [0.25, 0.3) is 0 Å². The molecule has 0 aromatic rings. The molecule has 2 heterocycles. The molecule has 0 saturated carbocycles. The van der Waals surface area contributed by atoms with Crippen molar-refractivity contribution in [1.29, 1.82) is 0 Å². The van der Waals surface area contributed by atoms with Gasteiger partial charge in [-0.2, -0.15) is 0 Å². The SMILES string of the molecule is C=[N+](C)C.CC(C)N(B1CCC(CN(C)C)N(C)C1)C(C)C.CC(C)N(B1CCCN(C)C1)C(C)C.[Cl-]. The van der Waals surface area contributed by atoms with Crippen molar-refractivity contribution in [2.75, 3.05) is 68.3 Å². The summed E-state index contributed by atoms with van der Waals surface area (Å²) in [6.07, 6.45) is 7.87. The molecule has 0 aliphatic carbocycles. The Balaban J connectivity index is 0. The molecular weight excluding hydrogens is 477 g/mol. The van der Waals surface area contributed by atoms with E-state index in [2.05, 4.69) is 115 Å². The summed E-state index contributed by atoms with van der Waals surface area (Å²) in [4.78, 5) is 12.7. The molecule has 1 atom stereocenters. The molecule has 0 bridgehead atoms. The topological polar surface area (TPSA) is 19.2 Å². The van der Waals surface area contributed by atoms with E-state index < -0.39 is 0 Å². The van der Waals surface area contributed by atoms with Crippen LogP contribution in [0.5, 0.6) is 0 Å². The van der Waals surface area contributed by atoms with Crippen LogP contribution in [0.2, 0.25) is 12.6 Å². The van der Waals surface area contributed by atoms with Crippen molar-refractivity contribution in [2.45, 2.75) is 111 Å². The van der Waals surface area contributed by atoms with Gasteiger partial charge in [0.25, 0.3) is 0 Å². The average Bonchev–Trinajstić information content (AvgIpc) is 2.69. The summed E-state index contributed by atoms with van der Waals surface area (Å²) in [5, 5.41) is 0. The summed E-state index contributed by atoms with van der Waals surface area (Å²) in [6, 6.07) is 3.37. The molecule has 220 valence electrons. The maximum atomic E-state index is 3.47.